The maximum Gasteiger partial charge on any atom is 0.0331 e. The molecule has 0 amide bonds. The van der Waals surface area contributed by atoms with Gasteiger partial charge in [0.2, 0.25) is 0 Å². The summed E-state index contributed by atoms with van der Waals surface area (Å²) in [7, 11) is 0. The Labute approximate surface area is 90.3 Å². The van der Waals surface area contributed by atoms with Crippen LogP contribution in [0.2, 0.25) is 0 Å². The van der Waals surface area contributed by atoms with E-state index < -0.39 is 0 Å². The molecule has 0 unspecified atom stereocenters. The second-order valence-corrected chi connectivity index (χ2v) is 5.11. The highest BCUT2D eigenvalue weighted by Crippen LogP contribution is 2.32. The van der Waals surface area contributed by atoms with Crippen molar-refractivity contribution < 1.29 is 0 Å². The lowest BCUT2D eigenvalue weighted by molar-refractivity contribution is 0.383. The van der Waals surface area contributed by atoms with Crippen LogP contribution in [0.1, 0.15) is 50.1 Å². The fourth-order valence-electron chi connectivity index (χ4n) is 2.41. The lowest BCUT2D eigenvalue weighted by Gasteiger charge is -2.21. The molecule has 1 heterocycles. The van der Waals surface area contributed by atoms with Gasteiger partial charge in [-0.3, -0.25) is 0 Å². The minimum absolute atomic E-state index is 0.291. The zero-order valence-corrected chi connectivity index (χ0v) is 9.43. The molecule has 2 rings (SSSR count). The van der Waals surface area contributed by atoms with E-state index in [1.165, 1.54) is 44.1 Å². The van der Waals surface area contributed by atoms with E-state index in [2.05, 4.69) is 16.8 Å². The highest BCUT2D eigenvalue weighted by Gasteiger charge is 2.20. The van der Waals surface area contributed by atoms with Gasteiger partial charge in [0.25, 0.3) is 0 Å². The Morgan fingerprint density at radius 1 is 1.21 bits per heavy atom. The molecule has 1 fully saturated rings. The molecule has 1 nitrogen and oxygen atoms in total. The molecule has 1 aromatic rings. The van der Waals surface area contributed by atoms with Crippen molar-refractivity contribution in [3.63, 3.8) is 0 Å². The molecular weight excluding hydrogens is 190 g/mol. The molecule has 0 spiro atoms. The highest BCUT2D eigenvalue weighted by atomic mass is 32.1. The molecule has 0 aromatic carbocycles. The fraction of sp³-hybridized carbons (Fsp3) is 0.667. The Morgan fingerprint density at radius 2 is 1.93 bits per heavy atom. The highest BCUT2D eigenvalue weighted by molar-refractivity contribution is 7.07. The Kier molecular flexibility index (Phi) is 3.60. The van der Waals surface area contributed by atoms with Gasteiger partial charge in [-0.25, -0.2) is 0 Å². The van der Waals surface area contributed by atoms with Gasteiger partial charge in [0, 0.05) is 6.04 Å². The maximum atomic E-state index is 6.29. The predicted octanol–water partition coefficient (Wildman–Crippen LogP) is 3.72. The largest absolute Gasteiger partial charge is 0.324 e. The molecule has 1 atom stereocenters. The standard InChI is InChI=1S/C12H19NS/c13-12(11-7-8-14-9-11)10-5-3-1-2-4-6-10/h7-10,12H,1-6,13H2/t12-/m1/s1. The van der Waals surface area contributed by atoms with Gasteiger partial charge >= 0.3 is 0 Å². The number of hydrogen-bond acceptors (Lipinski definition) is 2. The van der Waals surface area contributed by atoms with Crippen LogP contribution in [0.25, 0.3) is 0 Å². The fourth-order valence-corrected chi connectivity index (χ4v) is 3.11. The molecule has 2 N–H and O–H groups in total. The minimum atomic E-state index is 0.291. The third-order valence-electron chi connectivity index (χ3n) is 3.34. The Morgan fingerprint density at radius 3 is 2.50 bits per heavy atom. The second kappa shape index (κ2) is 4.94. The summed E-state index contributed by atoms with van der Waals surface area (Å²) in [6, 6.07) is 2.47. The van der Waals surface area contributed by atoms with E-state index in [0.29, 0.717) is 6.04 Å². The first-order valence-electron chi connectivity index (χ1n) is 5.65. The van der Waals surface area contributed by atoms with Crippen molar-refractivity contribution in [2.75, 3.05) is 0 Å². The SMILES string of the molecule is N[C@@H](c1ccsc1)C1CCCCCC1. The van der Waals surface area contributed by atoms with Crippen molar-refractivity contribution in [1.29, 1.82) is 0 Å². The van der Waals surface area contributed by atoms with Crippen LogP contribution in [0, 0.1) is 5.92 Å². The third kappa shape index (κ3) is 2.37. The molecule has 0 radical (unpaired) electrons. The molecule has 0 aliphatic heterocycles. The average molecular weight is 209 g/mol. The van der Waals surface area contributed by atoms with E-state index in [0.717, 1.165) is 5.92 Å². The Balaban J connectivity index is 1.99. The quantitative estimate of drug-likeness (QED) is 0.738. The van der Waals surface area contributed by atoms with E-state index in [1.54, 1.807) is 11.3 Å². The zero-order valence-electron chi connectivity index (χ0n) is 8.61. The first-order chi connectivity index (χ1) is 6.88. The lowest BCUT2D eigenvalue weighted by atomic mass is 9.89. The topological polar surface area (TPSA) is 26.0 Å². The molecule has 1 aromatic heterocycles. The van der Waals surface area contributed by atoms with Crippen LogP contribution in [0.3, 0.4) is 0 Å². The van der Waals surface area contributed by atoms with Crippen LogP contribution in [0.4, 0.5) is 0 Å². The van der Waals surface area contributed by atoms with Crippen LogP contribution in [-0.2, 0) is 0 Å². The smallest absolute Gasteiger partial charge is 0.0331 e. The van der Waals surface area contributed by atoms with Gasteiger partial charge in [0.05, 0.1) is 0 Å². The third-order valence-corrected chi connectivity index (χ3v) is 4.04. The summed E-state index contributed by atoms with van der Waals surface area (Å²) < 4.78 is 0. The summed E-state index contributed by atoms with van der Waals surface area (Å²) >= 11 is 1.76. The van der Waals surface area contributed by atoms with Gasteiger partial charge in [-0.15, -0.1) is 0 Å². The molecule has 78 valence electrons. The van der Waals surface area contributed by atoms with E-state index in [1.807, 2.05) is 0 Å². The van der Waals surface area contributed by atoms with Gasteiger partial charge in [0.1, 0.15) is 0 Å². The summed E-state index contributed by atoms with van der Waals surface area (Å²) in [6.07, 6.45) is 8.23. The molecule has 1 saturated carbocycles. The van der Waals surface area contributed by atoms with Crippen molar-refractivity contribution in [2.45, 2.75) is 44.6 Å². The Hall–Kier alpha value is -0.340. The van der Waals surface area contributed by atoms with E-state index in [9.17, 15) is 0 Å². The summed E-state index contributed by atoms with van der Waals surface area (Å²) in [4.78, 5) is 0. The lowest BCUT2D eigenvalue weighted by Crippen LogP contribution is -2.20. The monoisotopic (exact) mass is 209 g/mol. The van der Waals surface area contributed by atoms with E-state index in [-0.39, 0.29) is 0 Å². The summed E-state index contributed by atoms with van der Waals surface area (Å²) in [6.45, 7) is 0. The number of thiophene rings is 1. The van der Waals surface area contributed by atoms with Crippen LogP contribution in [0.15, 0.2) is 16.8 Å². The van der Waals surface area contributed by atoms with Crippen molar-refractivity contribution in [3.8, 4) is 0 Å². The zero-order chi connectivity index (χ0) is 9.80. The van der Waals surface area contributed by atoms with Gasteiger partial charge < -0.3 is 5.73 Å². The summed E-state index contributed by atoms with van der Waals surface area (Å²) in [5, 5.41) is 4.33. The minimum Gasteiger partial charge on any atom is -0.324 e. The molecule has 1 aliphatic carbocycles. The van der Waals surface area contributed by atoms with Crippen molar-refractivity contribution in [1.82, 2.24) is 0 Å². The molecule has 2 heteroatoms. The normalized spacial score (nSPS) is 21.8. The van der Waals surface area contributed by atoms with Crippen LogP contribution < -0.4 is 5.73 Å². The first-order valence-corrected chi connectivity index (χ1v) is 6.60. The first kappa shape index (κ1) is 10.2. The number of nitrogens with two attached hydrogens (primary N) is 1. The van der Waals surface area contributed by atoms with Gasteiger partial charge in [-0.05, 0) is 41.1 Å². The number of rotatable bonds is 2. The molecule has 0 saturated heterocycles. The van der Waals surface area contributed by atoms with Crippen molar-refractivity contribution >= 4 is 11.3 Å². The molecular formula is C12H19NS. The predicted molar refractivity (Wildman–Crippen MR) is 62.4 cm³/mol. The van der Waals surface area contributed by atoms with E-state index in [4.69, 9.17) is 5.73 Å². The van der Waals surface area contributed by atoms with Crippen molar-refractivity contribution in [2.24, 2.45) is 11.7 Å². The molecule has 0 bridgehead atoms. The Bertz CT molecular complexity index is 247. The van der Waals surface area contributed by atoms with Crippen molar-refractivity contribution in [3.05, 3.63) is 22.4 Å². The van der Waals surface area contributed by atoms with Gasteiger partial charge in [-0.1, -0.05) is 25.7 Å². The van der Waals surface area contributed by atoms with Gasteiger partial charge in [0.15, 0.2) is 0 Å². The second-order valence-electron chi connectivity index (χ2n) is 4.33. The molecule has 14 heavy (non-hydrogen) atoms. The maximum absolute atomic E-state index is 6.29. The molecule has 1 aliphatic rings. The van der Waals surface area contributed by atoms with E-state index >= 15 is 0 Å². The van der Waals surface area contributed by atoms with Crippen LogP contribution in [0.5, 0.6) is 0 Å². The van der Waals surface area contributed by atoms with Gasteiger partial charge in [-0.2, -0.15) is 11.3 Å². The number of hydrogen-bond donors (Lipinski definition) is 1. The summed E-state index contributed by atoms with van der Waals surface area (Å²) in [5.74, 6) is 0.729. The summed E-state index contributed by atoms with van der Waals surface area (Å²) in [5.41, 5.74) is 7.64. The average Bonchev–Trinajstić information content (AvgIpc) is 2.59. The van der Waals surface area contributed by atoms with Crippen LogP contribution in [-0.4, -0.2) is 0 Å². The van der Waals surface area contributed by atoms with Crippen LogP contribution >= 0.6 is 11.3 Å².